The van der Waals surface area contributed by atoms with Gasteiger partial charge in [0.25, 0.3) is 10.1 Å². The normalized spacial score (nSPS) is 11.9. The lowest BCUT2D eigenvalue weighted by Gasteiger charge is -2.04. The summed E-state index contributed by atoms with van der Waals surface area (Å²) in [5, 5.41) is 0. The van der Waals surface area contributed by atoms with Crippen LogP contribution in [0.15, 0.2) is 0 Å². The lowest BCUT2D eigenvalue weighted by atomic mass is 10.2. The van der Waals surface area contributed by atoms with Crippen molar-refractivity contribution in [3.63, 3.8) is 0 Å². The first-order valence-electron chi connectivity index (χ1n) is 5.99. The molecule has 0 atom stereocenters. The van der Waals surface area contributed by atoms with Crippen molar-refractivity contribution in [1.82, 2.24) is 0 Å². The van der Waals surface area contributed by atoms with Crippen molar-refractivity contribution in [1.29, 1.82) is 0 Å². The van der Waals surface area contributed by atoms with Gasteiger partial charge < -0.3 is 0 Å². The van der Waals surface area contributed by atoms with Gasteiger partial charge in [-0.1, -0.05) is 46.0 Å². The number of hydrogen-bond donors (Lipinski definition) is 0. The molecule has 0 saturated heterocycles. The van der Waals surface area contributed by atoms with E-state index in [4.69, 9.17) is 4.18 Å². The van der Waals surface area contributed by atoms with Gasteiger partial charge in [0.05, 0.1) is 12.4 Å². The van der Waals surface area contributed by atoms with Gasteiger partial charge in [-0.15, -0.1) is 0 Å². The molecule has 0 saturated carbocycles. The molecule has 0 amide bonds. The summed E-state index contributed by atoms with van der Waals surface area (Å²) in [4.78, 5) is 0. The van der Waals surface area contributed by atoms with Gasteiger partial charge in [-0.05, 0) is 12.8 Å². The Bertz CT molecular complexity index is 222. The molecule has 92 valence electrons. The van der Waals surface area contributed by atoms with Gasteiger partial charge in [0.15, 0.2) is 0 Å². The molecule has 0 aliphatic rings. The summed E-state index contributed by atoms with van der Waals surface area (Å²) >= 11 is 0. The highest BCUT2D eigenvalue weighted by molar-refractivity contribution is 7.86. The van der Waals surface area contributed by atoms with E-state index in [1.807, 2.05) is 6.92 Å². The molecule has 0 spiro atoms. The van der Waals surface area contributed by atoms with Crippen molar-refractivity contribution in [3.05, 3.63) is 0 Å². The molecular weight excluding hydrogens is 212 g/mol. The molecule has 15 heavy (non-hydrogen) atoms. The van der Waals surface area contributed by atoms with Crippen molar-refractivity contribution in [2.24, 2.45) is 0 Å². The van der Waals surface area contributed by atoms with Crippen LogP contribution in [0.4, 0.5) is 0 Å². The van der Waals surface area contributed by atoms with Crippen molar-refractivity contribution in [2.75, 3.05) is 12.4 Å². The molecule has 0 aromatic heterocycles. The Kier molecular flexibility index (Phi) is 9.10. The summed E-state index contributed by atoms with van der Waals surface area (Å²) in [5.74, 6) is 0.165. The van der Waals surface area contributed by atoms with Gasteiger partial charge in [-0.3, -0.25) is 4.18 Å². The third-order valence-electron chi connectivity index (χ3n) is 2.26. The van der Waals surface area contributed by atoms with E-state index in [0.717, 1.165) is 19.3 Å². The zero-order valence-electron chi connectivity index (χ0n) is 10.00. The van der Waals surface area contributed by atoms with Crippen LogP contribution < -0.4 is 0 Å². The topological polar surface area (TPSA) is 43.4 Å². The zero-order chi connectivity index (χ0) is 11.6. The van der Waals surface area contributed by atoms with Crippen LogP contribution in [-0.2, 0) is 14.3 Å². The van der Waals surface area contributed by atoms with Crippen LogP contribution in [0, 0.1) is 0 Å². The molecule has 0 aromatic carbocycles. The van der Waals surface area contributed by atoms with Crippen LogP contribution in [-0.4, -0.2) is 20.8 Å². The van der Waals surface area contributed by atoms with Crippen LogP contribution in [0.1, 0.15) is 58.8 Å². The summed E-state index contributed by atoms with van der Waals surface area (Å²) in [6, 6.07) is 0. The smallest absolute Gasteiger partial charge is 0.267 e. The number of rotatable bonds is 10. The Hall–Kier alpha value is -0.0900. The fourth-order valence-electron chi connectivity index (χ4n) is 1.27. The van der Waals surface area contributed by atoms with Crippen molar-refractivity contribution >= 4 is 10.1 Å². The standard InChI is InChI=1S/C11H24O3S/c1-3-5-7-8-9-10-14-15(12,13)11-6-4-2/h3-11H2,1-2H3. The minimum atomic E-state index is -3.24. The zero-order valence-corrected chi connectivity index (χ0v) is 10.8. The maximum absolute atomic E-state index is 11.3. The fraction of sp³-hybridized carbons (Fsp3) is 1.00. The van der Waals surface area contributed by atoms with E-state index in [-0.39, 0.29) is 5.75 Å². The van der Waals surface area contributed by atoms with E-state index in [1.54, 1.807) is 0 Å². The Morgan fingerprint density at radius 2 is 1.47 bits per heavy atom. The highest BCUT2D eigenvalue weighted by Gasteiger charge is 2.09. The molecule has 0 aromatic rings. The molecule has 0 bridgehead atoms. The summed E-state index contributed by atoms with van der Waals surface area (Å²) in [5.41, 5.74) is 0. The van der Waals surface area contributed by atoms with Gasteiger partial charge in [-0.2, -0.15) is 8.42 Å². The predicted octanol–water partition coefficient (Wildman–Crippen LogP) is 3.10. The quantitative estimate of drug-likeness (QED) is 0.432. The van der Waals surface area contributed by atoms with E-state index < -0.39 is 10.1 Å². The van der Waals surface area contributed by atoms with Gasteiger partial charge >= 0.3 is 0 Å². The third-order valence-corrected chi connectivity index (χ3v) is 3.57. The molecule has 0 heterocycles. The van der Waals surface area contributed by atoms with Gasteiger partial charge in [0.1, 0.15) is 0 Å². The molecule has 0 N–H and O–H groups in total. The second-order valence-electron chi connectivity index (χ2n) is 3.85. The van der Waals surface area contributed by atoms with Crippen LogP contribution >= 0.6 is 0 Å². The summed E-state index contributed by atoms with van der Waals surface area (Å²) in [6.07, 6.45) is 7.10. The van der Waals surface area contributed by atoms with Crippen LogP contribution in [0.25, 0.3) is 0 Å². The number of unbranched alkanes of at least 4 members (excludes halogenated alkanes) is 5. The van der Waals surface area contributed by atoms with E-state index in [0.29, 0.717) is 13.0 Å². The second-order valence-corrected chi connectivity index (χ2v) is 5.61. The average molecular weight is 236 g/mol. The molecule has 0 radical (unpaired) electrons. The third kappa shape index (κ3) is 10.2. The number of hydrogen-bond acceptors (Lipinski definition) is 3. The van der Waals surface area contributed by atoms with Crippen LogP contribution in [0.2, 0.25) is 0 Å². The molecule has 0 fully saturated rings. The monoisotopic (exact) mass is 236 g/mol. The van der Waals surface area contributed by atoms with E-state index in [2.05, 4.69) is 6.92 Å². The lowest BCUT2D eigenvalue weighted by molar-refractivity contribution is 0.306. The molecule has 4 heteroatoms. The molecule has 0 aliphatic carbocycles. The maximum atomic E-state index is 11.3. The average Bonchev–Trinajstić information content (AvgIpc) is 2.20. The molecule has 0 rings (SSSR count). The fourth-order valence-corrected chi connectivity index (χ4v) is 2.40. The Balaban J connectivity index is 3.41. The highest BCUT2D eigenvalue weighted by atomic mass is 32.2. The van der Waals surface area contributed by atoms with Gasteiger partial charge in [0.2, 0.25) is 0 Å². The van der Waals surface area contributed by atoms with Gasteiger partial charge in [-0.25, -0.2) is 0 Å². The van der Waals surface area contributed by atoms with Crippen LogP contribution in [0.3, 0.4) is 0 Å². The van der Waals surface area contributed by atoms with E-state index >= 15 is 0 Å². The van der Waals surface area contributed by atoms with E-state index in [1.165, 1.54) is 19.3 Å². The first kappa shape index (κ1) is 14.9. The SMILES string of the molecule is CCCCCCCOS(=O)(=O)CCCC. The lowest BCUT2D eigenvalue weighted by Crippen LogP contribution is -2.11. The Labute approximate surface area is 94.3 Å². The largest absolute Gasteiger partial charge is 0.270 e. The van der Waals surface area contributed by atoms with Gasteiger partial charge in [0, 0.05) is 0 Å². The minimum absolute atomic E-state index is 0.165. The Morgan fingerprint density at radius 3 is 2.07 bits per heavy atom. The van der Waals surface area contributed by atoms with Crippen molar-refractivity contribution < 1.29 is 12.6 Å². The van der Waals surface area contributed by atoms with E-state index in [9.17, 15) is 8.42 Å². The first-order chi connectivity index (χ1) is 7.12. The first-order valence-corrected chi connectivity index (χ1v) is 7.57. The summed E-state index contributed by atoms with van der Waals surface area (Å²) < 4.78 is 27.4. The molecule has 0 unspecified atom stereocenters. The van der Waals surface area contributed by atoms with Crippen molar-refractivity contribution in [3.8, 4) is 0 Å². The molecular formula is C11H24O3S. The molecule has 3 nitrogen and oxygen atoms in total. The summed E-state index contributed by atoms with van der Waals surface area (Å²) in [7, 11) is -3.24. The molecule has 0 aliphatic heterocycles. The summed E-state index contributed by atoms with van der Waals surface area (Å²) in [6.45, 7) is 4.49. The highest BCUT2D eigenvalue weighted by Crippen LogP contribution is 2.05. The van der Waals surface area contributed by atoms with Crippen molar-refractivity contribution in [2.45, 2.75) is 58.8 Å². The second kappa shape index (κ2) is 9.16. The minimum Gasteiger partial charge on any atom is -0.270 e. The maximum Gasteiger partial charge on any atom is 0.267 e. The predicted molar refractivity (Wildman–Crippen MR) is 63.4 cm³/mol. The Morgan fingerprint density at radius 1 is 0.867 bits per heavy atom. The van der Waals surface area contributed by atoms with Crippen LogP contribution in [0.5, 0.6) is 0 Å².